The van der Waals surface area contributed by atoms with Crippen LogP contribution < -0.4 is 20.1 Å². The number of para-hydroxylation sites is 1. The molecule has 2 heterocycles. The summed E-state index contributed by atoms with van der Waals surface area (Å²) in [6.45, 7) is 0. The lowest BCUT2D eigenvalue weighted by Gasteiger charge is -2.24. The standard InChI is InChI=1S/C28H24ClN5O3/c1-36-22-14-9-19(10-15-22)24-17-23(18-7-12-21(29)13-8-18)30-28-32-27(33-34(24)28)31-26(35)16-11-20-5-3-4-6-25(20)37-2/h3-17,24H,1-2H3,(H2,30,31,32,33,35)/b16-11+/t24-/m0/s1. The molecular formula is C28H24ClN5O3. The van der Waals surface area contributed by atoms with Crippen LogP contribution in [0.1, 0.15) is 22.7 Å². The Balaban J connectivity index is 1.43. The summed E-state index contributed by atoms with van der Waals surface area (Å²) >= 11 is 6.09. The third kappa shape index (κ3) is 5.34. The average Bonchev–Trinajstić information content (AvgIpc) is 3.34. The van der Waals surface area contributed by atoms with Gasteiger partial charge in [0.2, 0.25) is 5.95 Å². The van der Waals surface area contributed by atoms with Gasteiger partial charge in [0.15, 0.2) is 0 Å². The van der Waals surface area contributed by atoms with E-state index >= 15 is 0 Å². The van der Waals surface area contributed by atoms with Gasteiger partial charge in [-0.05, 0) is 53.6 Å². The lowest BCUT2D eigenvalue weighted by Crippen LogP contribution is -2.20. The fourth-order valence-electron chi connectivity index (χ4n) is 4.00. The van der Waals surface area contributed by atoms with Crippen LogP contribution in [0.15, 0.2) is 84.9 Å². The molecule has 1 aliphatic heterocycles. The molecule has 9 heteroatoms. The molecule has 0 saturated carbocycles. The molecule has 5 rings (SSSR count). The molecule has 0 radical (unpaired) electrons. The Hall–Kier alpha value is -4.56. The van der Waals surface area contributed by atoms with Crippen molar-refractivity contribution in [2.75, 3.05) is 24.9 Å². The minimum absolute atomic E-state index is 0.182. The minimum Gasteiger partial charge on any atom is -0.497 e. The van der Waals surface area contributed by atoms with Crippen molar-refractivity contribution in [1.29, 1.82) is 0 Å². The van der Waals surface area contributed by atoms with Gasteiger partial charge in [0.05, 0.1) is 14.2 Å². The lowest BCUT2D eigenvalue weighted by atomic mass is 10.0. The summed E-state index contributed by atoms with van der Waals surface area (Å²) in [4.78, 5) is 17.2. The van der Waals surface area contributed by atoms with Gasteiger partial charge in [0.1, 0.15) is 17.5 Å². The summed E-state index contributed by atoms with van der Waals surface area (Å²) in [5, 5.41) is 11.3. The van der Waals surface area contributed by atoms with E-state index in [1.54, 1.807) is 25.0 Å². The van der Waals surface area contributed by atoms with E-state index in [4.69, 9.17) is 21.1 Å². The number of fused-ring (bicyclic) bond motifs is 1. The molecule has 1 aliphatic rings. The van der Waals surface area contributed by atoms with Crippen molar-refractivity contribution in [2.24, 2.45) is 0 Å². The number of methoxy groups -OCH3 is 2. The Kier molecular flexibility index (Phi) is 6.91. The molecule has 1 aromatic heterocycles. The van der Waals surface area contributed by atoms with Crippen molar-refractivity contribution in [2.45, 2.75) is 6.04 Å². The summed E-state index contributed by atoms with van der Waals surface area (Å²) in [5.74, 6) is 1.75. The number of rotatable bonds is 7. The first kappa shape index (κ1) is 24.1. The number of nitrogens with one attached hydrogen (secondary N) is 2. The van der Waals surface area contributed by atoms with Gasteiger partial charge in [-0.2, -0.15) is 4.98 Å². The molecule has 0 fully saturated rings. The van der Waals surface area contributed by atoms with Crippen molar-refractivity contribution >= 4 is 41.2 Å². The van der Waals surface area contributed by atoms with Crippen LogP contribution in [-0.2, 0) is 4.79 Å². The van der Waals surface area contributed by atoms with E-state index in [0.717, 1.165) is 28.1 Å². The fraction of sp³-hybridized carbons (Fsp3) is 0.107. The number of hydrogen-bond donors (Lipinski definition) is 2. The molecule has 0 unspecified atom stereocenters. The van der Waals surface area contributed by atoms with Crippen LogP contribution in [0, 0.1) is 0 Å². The van der Waals surface area contributed by atoms with Crippen molar-refractivity contribution in [3.05, 3.63) is 107 Å². The van der Waals surface area contributed by atoms with Crippen LogP contribution in [0.2, 0.25) is 5.02 Å². The second-order valence-corrected chi connectivity index (χ2v) is 8.63. The number of allylic oxidation sites excluding steroid dienone is 1. The first-order valence-corrected chi connectivity index (χ1v) is 11.9. The summed E-state index contributed by atoms with van der Waals surface area (Å²) < 4.78 is 12.4. The Bertz CT molecular complexity index is 1480. The Morgan fingerprint density at radius 2 is 1.78 bits per heavy atom. The van der Waals surface area contributed by atoms with Crippen LogP contribution in [0.25, 0.3) is 11.8 Å². The third-order valence-electron chi connectivity index (χ3n) is 5.87. The molecular weight excluding hydrogens is 490 g/mol. The number of hydrogen-bond acceptors (Lipinski definition) is 6. The van der Waals surface area contributed by atoms with E-state index in [0.29, 0.717) is 16.7 Å². The SMILES string of the molecule is COc1ccc([C@@H]2C=C(c3ccc(Cl)cc3)Nc3nc(NC(=O)/C=C/c4ccccc4OC)nn32)cc1. The number of benzene rings is 3. The highest BCUT2D eigenvalue weighted by molar-refractivity contribution is 6.30. The summed E-state index contributed by atoms with van der Waals surface area (Å²) in [6, 6.07) is 22.5. The molecule has 0 spiro atoms. The Morgan fingerprint density at radius 1 is 1.03 bits per heavy atom. The zero-order valence-electron chi connectivity index (χ0n) is 20.2. The first-order chi connectivity index (χ1) is 18.0. The van der Waals surface area contributed by atoms with Crippen LogP contribution in [0.3, 0.4) is 0 Å². The van der Waals surface area contributed by atoms with Gasteiger partial charge in [-0.15, -0.1) is 5.10 Å². The van der Waals surface area contributed by atoms with E-state index in [2.05, 4.69) is 26.8 Å². The molecule has 1 atom stereocenters. The second kappa shape index (κ2) is 10.6. The molecule has 0 saturated heterocycles. The van der Waals surface area contributed by atoms with Crippen LogP contribution in [-0.4, -0.2) is 34.9 Å². The zero-order chi connectivity index (χ0) is 25.8. The molecule has 1 amide bonds. The van der Waals surface area contributed by atoms with Gasteiger partial charge in [0, 0.05) is 22.4 Å². The highest BCUT2D eigenvalue weighted by Crippen LogP contribution is 2.34. The first-order valence-electron chi connectivity index (χ1n) is 11.5. The maximum atomic E-state index is 12.7. The zero-order valence-corrected chi connectivity index (χ0v) is 20.9. The van der Waals surface area contributed by atoms with E-state index in [1.807, 2.05) is 72.8 Å². The monoisotopic (exact) mass is 513 g/mol. The number of halogens is 1. The number of ether oxygens (including phenoxy) is 2. The molecule has 37 heavy (non-hydrogen) atoms. The fourth-order valence-corrected chi connectivity index (χ4v) is 4.13. The Morgan fingerprint density at radius 3 is 2.51 bits per heavy atom. The highest BCUT2D eigenvalue weighted by atomic mass is 35.5. The predicted molar refractivity (Wildman–Crippen MR) is 145 cm³/mol. The molecule has 2 N–H and O–H groups in total. The quantitative estimate of drug-likeness (QED) is 0.310. The van der Waals surface area contributed by atoms with Gasteiger partial charge in [-0.25, -0.2) is 4.68 Å². The van der Waals surface area contributed by atoms with Gasteiger partial charge < -0.3 is 14.8 Å². The topological polar surface area (TPSA) is 90.3 Å². The molecule has 3 aromatic carbocycles. The van der Waals surface area contributed by atoms with Crippen molar-refractivity contribution < 1.29 is 14.3 Å². The van der Waals surface area contributed by atoms with Gasteiger partial charge in [-0.1, -0.05) is 54.1 Å². The van der Waals surface area contributed by atoms with Gasteiger partial charge in [-0.3, -0.25) is 10.1 Å². The Labute approximate surface area is 219 Å². The number of carbonyl (C=O) groups excluding carboxylic acids is 1. The largest absolute Gasteiger partial charge is 0.497 e. The van der Waals surface area contributed by atoms with Crippen LogP contribution >= 0.6 is 11.6 Å². The molecule has 4 aromatic rings. The van der Waals surface area contributed by atoms with Gasteiger partial charge >= 0.3 is 0 Å². The van der Waals surface area contributed by atoms with Crippen molar-refractivity contribution in [3.8, 4) is 11.5 Å². The normalized spacial score (nSPS) is 14.5. The van der Waals surface area contributed by atoms with Crippen molar-refractivity contribution in [1.82, 2.24) is 14.8 Å². The molecule has 8 nitrogen and oxygen atoms in total. The van der Waals surface area contributed by atoms with Crippen molar-refractivity contribution in [3.63, 3.8) is 0 Å². The second-order valence-electron chi connectivity index (χ2n) is 8.20. The highest BCUT2D eigenvalue weighted by Gasteiger charge is 2.25. The number of carbonyl (C=O) groups is 1. The van der Waals surface area contributed by atoms with E-state index in [1.165, 1.54) is 6.08 Å². The number of anilines is 2. The minimum atomic E-state index is -0.360. The predicted octanol–water partition coefficient (Wildman–Crippen LogP) is 5.66. The van der Waals surface area contributed by atoms with Crippen LogP contribution in [0.4, 0.5) is 11.9 Å². The lowest BCUT2D eigenvalue weighted by molar-refractivity contribution is -0.111. The number of aromatic nitrogens is 3. The van der Waals surface area contributed by atoms with E-state index in [-0.39, 0.29) is 17.9 Å². The summed E-state index contributed by atoms with van der Waals surface area (Å²) in [7, 11) is 3.22. The smallest absolute Gasteiger partial charge is 0.250 e. The number of amides is 1. The average molecular weight is 514 g/mol. The maximum Gasteiger partial charge on any atom is 0.250 e. The van der Waals surface area contributed by atoms with Crippen LogP contribution in [0.5, 0.6) is 11.5 Å². The molecule has 0 aliphatic carbocycles. The molecule has 186 valence electrons. The summed E-state index contributed by atoms with van der Waals surface area (Å²) in [6.07, 6.45) is 5.16. The molecule has 0 bridgehead atoms. The van der Waals surface area contributed by atoms with E-state index < -0.39 is 0 Å². The van der Waals surface area contributed by atoms with E-state index in [9.17, 15) is 4.79 Å². The number of nitrogens with zero attached hydrogens (tertiary/aromatic N) is 3. The van der Waals surface area contributed by atoms with Gasteiger partial charge in [0.25, 0.3) is 11.9 Å². The summed E-state index contributed by atoms with van der Waals surface area (Å²) in [5.41, 5.74) is 3.57. The third-order valence-corrected chi connectivity index (χ3v) is 6.12. The maximum absolute atomic E-state index is 12.7.